The molecule has 7 heteroatoms. The maximum Gasteiger partial charge on any atom is 0.270 e. The number of non-ortho nitro benzene ring substituents is 1. The second-order valence-electron chi connectivity index (χ2n) is 4.17. The van der Waals surface area contributed by atoms with Crippen LogP contribution in [-0.2, 0) is 0 Å². The number of nitro benzene ring substituents is 1. The maximum atomic E-state index is 11.5. The lowest BCUT2D eigenvalue weighted by molar-refractivity contribution is -0.384. The number of hydrogen-bond donors (Lipinski definition) is 2. The first-order valence-electron chi connectivity index (χ1n) is 5.54. The van der Waals surface area contributed by atoms with Crippen molar-refractivity contribution >= 4 is 11.6 Å². The lowest BCUT2D eigenvalue weighted by Gasteiger charge is -2.09. The summed E-state index contributed by atoms with van der Waals surface area (Å²) in [5, 5.41) is 10.7. The van der Waals surface area contributed by atoms with Gasteiger partial charge >= 0.3 is 0 Å². The van der Waals surface area contributed by atoms with Crippen LogP contribution < -0.4 is 16.0 Å². The fourth-order valence-electron chi connectivity index (χ4n) is 1.50. The summed E-state index contributed by atoms with van der Waals surface area (Å²) >= 11 is 0. The Morgan fingerprint density at radius 3 is 2.83 bits per heavy atom. The standard InChI is InChI=1S/C11H13N3O4/c12-13-11(15)9-5-8(14(16)17)3-4-10(9)18-6-7-1-2-7/h3-5,7H,1-2,6,12H2,(H,13,15). The van der Waals surface area contributed by atoms with Crippen molar-refractivity contribution in [2.45, 2.75) is 12.8 Å². The first kappa shape index (κ1) is 12.3. The Labute approximate surface area is 103 Å². The van der Waals surface area contributed by atoms with Gasteiger partial charge in [0.25, 0.3) is 11.6 Å². The van der Waals surface area contributed by atoms with E-state index in [1.54, 1.807) is 0 Å². The van der Waals surface area contributed by atoms with Gasteiger partial charge in [-0.2, -0.15) is 0 Å². The fraction of sp³-hybridized carbons (Fsp3) is 0.364. The van der Waals surface area contributed by atoms with Crippen LogP contribution in [0.2, 0.25) is 0 Å². The topological polar surface area (TPSA) is 107 Å². The van der Waals surface area contributed by atoms with E-state index in [0.29, 0.717) is 18.3 Å². The Hall–Kier alpha value is -2.15. The van der Waals surface area contributed by atoms with Gasteiger partial charge in [0.05, 0.1) is 17.1 Å². The van der Waals surface area contributed by atoms with Gasteiger partial charge in [-0.25, -0.2) is 5.84 Å². The quantitative estimate of drug-likeness (QED) is 0.351. The number of nitrogens with one attached hydrogen (secondary N) is 1. The number of hydrogen-bond acceptors (Lipinski definition) is 5. The number of hydrazine groups is 1. The summed E-state index contributed by atoms with van der Waals surface area (Å²) in [4.78, 5) is 21.6. The highest BCUT2D eigenvalue weighted by Crippen LogP contribution is 2.31. The average molecular weight is 251 g/mol. The van der Waals surface area contributed by atoms with Crippen LogP contribution in [0.15, 0.2) is 18.2 Å². The second-order valence-corrected chi connectivity index (χ2v) is 4.17. The molecule has 96 valence electrons. The van der Waals surface area contributed by atoms with Crippen LogP contribution in [0.25, 0.3) is 0 Å². The smallest absolute Gasteiger partial charge is 0.270 e. The van der Waals surface area contributed by atoms with E-state index in [9.17, 15) is 14.9 Å². The first-order chi connectivity index (χ1) is 8.61. The van der Waals surface area contributed by atoms with E-state index < -0.39 is 10.8 Å². The Morgan fingerprint density at radius 1 is 1.56 bits per heavy atom. The molecule has 0 radical (unpaired) electrons. The largest absolute Gasteiger partial charge is 0.492 e. The molecule has 1 aromatic carbocycles. The van der Waals surface area contributed by atoms with Crippen LogP contribution in [0, 0.1) is 16.0 Å². The van der Waals surface area contributed by atoms with E-state index in [1.807, 2.05) is 5.43 Å². The van der Waals surface area contributed by atoms with Gasteiger partial charge in [-0.3, -0.25) is 20.3 Å². The molecule has 3 N–H and O–H groups in total. The number of benzene rings is 1. The minimum atomic E-state index is -0.607. The fourth-order valence-corrected chi connectivity index (χ4v) is 1.50. The summed E-state index contributed by atoms with van der Waals surface area (Å²) in [6.07, 6.45) is 2.23. The molecular weight excluding hydrogens is 238 g/mol. The third-order valence-corrected chi connectivity index (χ3v) is 2.72. The van der Waals surface area contributed by atoms with Crippen LogP contribution in [0.3, 0.4) is 0 Å². The number of amides is 1. The Kier molecular flexibility index (Phi) is 3.42. The molecule has 1 amide bonds. The number of rotatable bonds is 5. The minimum Gasteiger partial charge on any atom is -0.492 e. The molecule has 7 nitrogen and oxygen atoms in total. The zero-order valence-corrected chi connectivity index (χ0v) is 9.59. The van der Waals surface area contributed by atoms with Gasteiger partial charge < -0.3 is 4.74 Å². The van der Waals surface area contributed by atoms with Crippen LogP contribution in [0.4, 0.5) is 5.69 Å². The molecule has 2 rings (SSSR count). The van der Waals surface area contributed by atoms with Crippen molar-refractivity contribution in [3.8, 4) is 5.75 Å². The Balaban J connectivity index is 2.24. The molecule has 0 atom stereocenters. The number of carbonyl (C=O) groups excluding carboxylic acids is 1. The van der Waals surface area contributed by atoms with E-state index in [1.165, 1.54) is 12.1 Å². The number of ether oxygens (including phenoxy) is 1. The van der Waals surface area contributed by atoms with Gasteiger partial charge in [0.2, 0.25) is 0 Å². The predicted octanol–water partition coefficient (Wildman–Crippen LogP) is 0.987. The number of nitrogen functional groups attached to an aromatic ring is 1. The second kappa shape index (κ2) is 5.01. The molecule has 0 saturated heterocycles. The van der Waals surface area contributed by atoms with Crippen molar-refractivity contribution in [2.75, 3.05) is 6.61 Å². The SMILES string of the molecule is NNC(=O)c1cc([N+](=O)[O-])ccc1OCC1CC1. The van der Waals surface area contributed by atoms with Gasteiger partial charge in [0.1, 0.15) is 5.75 Å². The molecule has 1 fully saturated rings. The van der Waals surface area contributed by atoms with E-state index in [0.717, 1.165) is 18.9 Å². The number of nitro groups is 1. The van der Waals surface area contributed by atoms with Gasteiger partial charge in [0, 0.05) is 12.1 Å². The van der Waals surface area contributed by atoms with Gasteiger partial charge in [-0.05, 0) is 24.8 Å². The molecule has 0 heterocycles. The van der Waals surface area contributed by atoms with Crippen LogP contribution in [0.1, 0.15) is 23.2 Å². The van der Waals surface area contributed by atoms with Crippen molar-refractivity contribution in [2.24, 2.45) is 11.8 Å². The molecule has 0 spiro atoms. The third kappa shape index (κ3) is 2.75. The lowest BCUT2D eigenvalue weighted by atomic mass is 10.1. The van der Waals surface area contributed by atoms with E-state index in [4.69, 9.17) is 10.6 Å². The normalized spacial score (nSPS) is 14.1. The summed E-state index contributed by atoms with van der Waals surface area (Å²) in [5.41, 5.74) is 1.85. The number of nitrogens with two attached hydrogens (primary N) is 1. The Morgan fingerprint density at radius 2 is 2.28 bits per heavy atom. The monoisotopic (exact) mass is 251 g/mol. The zero-order valence-electron chi connectivity index (χ0n) is 9.59. The van der Waals surface area contributed by atoms with Gasteiger partial charge in [-0.15, -0.1) is 0 Å². The van der Waals surface area contributed by atoms with E-state index in [2.05, 4.69) is 0 Å². The lowest BCUT2D eigenvalue weighted by Crippen LogP contribution is -2.30. The molecule has 18 heavy (non-hydrogen) atoms. The molecule has 1 aliphatic carbocycles. The van der Waals surface area contributed by atoms with E-state index >= 15 is 0 Å². The molecule has 1 aliphatic rings. The molecule has 0 bridgehead atoms. The predicted molar refractivity (Wildman–Crippen MR) is 63.0 cm³/mol. The number of nitrogens with zero attached hydrogens (tertiary/aromatic N) is 1. The maximum absolute atomic E-state index is 11.5. The van der Waals surface area contributed by atoms with Crippen LogP contribution in [-0.4, -0.2) is 17.4 Å². The van der Waals surface area contributed by atoms with E-state index in [-0.39, 0.29) is 11.3 Å². The third-order valence-electron chi connectivity index (χ3n) is 2.72. The summed E-state index contributed by atoms with van der Waals surface area (Å²) in [5.74, 6) is 5.27. The highest BCUT2D eigenvalue weighted by Gasteiger charge is 2.24. The molecule has 0 aromatic heterocycles. The van der Waals surface area contributed by atoms with Crippen LogP contribution >= 0.6 is 0 Å². The summed E-state index contributed by atoms with van der Waals surface area (Å²) in [6, 6.07) is 3.88. The number of carbonyl (C=O) groups is 1. The molecule has 1 saturated carbocycles. The van der Waals surface area contributed by atoms with Crippen molar-refractivity contribution in [1.29, 1.82) is 0 Å². The molecule has 1 aromatic rings. The van der Waals surface area contributed by atoms with Crippen LogP contribution in [0.5, 0.6) is 5.75 Å². The zero-order chi connectivity index (χ0) is 13.1. The average Bonchev–Trinajstić information content (AvgIpc) is 3.19. The van der Waals surface area contributed by atoms with Gasteiger partial charge in [-0.1, -0.05) is 0 Å². The molecule has 0 aliphatic heterocycles. The summed E-state index contributed by atoms with van der Waals surface area (Å²) in [7, 11) is 0. The highest BCUT2D eigenvalue weighted by molar-refractivity contribution is 5.97. The van der Waals surface area contributed by atoms with Gasteiger partial charge in [0.15, 0.2) is 0 Å². The minimum absolute atomic E-state index is 0.0763. The summed E-state index contributed by atoms with van der Waals surface area (Å²) < 4.78 is 5.48. The highest BCUT2D eigenvalue weighted by atomic mass is 16.6. The molecular formula is C11H13N3O4. The van der Waals surface area contributed by atoms with Crippen molar-refractivity contribution < 1.29 is 14.5 Å². The molecule has 0 unspecified atom stereocenters. The summed E-state index contributed by atoms with van der Waals surface area (Å²) in [6.45, 7) is 0.517. The van der Waals surface area contributed by atoms with Crippen molar-refractivity contribution in [3.63, 3.8) is 0 Å². The Bertz CT molecular complexity index is 485. The first-order valence-corrected chi connectivity index (χ1v) is 5.54. The van der Waals surface area contributed by atoms with Crippen molar-refractivity contribution in [1.82, 2.24) is 5.43 Å². The van der Waals surface area contributed by atoms with Crippen molar-refractivity contribution in [3.05, 3.63) is 33.9 Å².